The van der Waals surface area contributed by atoms with Crippen molar-refractivity contribution in [1.82, 2.24) is 0 Å². The summed E-state index contributed by atoms with van der Waals surface area (Å²) in [6, 6.07) is 4.97. The van der Waals surface area contributed by atoms with Gasteiger partial charge in [0.15, 0.2) is 0 Å². The first-order valence-electron chi connectivity index (χ1n) is 7.49. The normalized spacial score (nSPS) is 21.6. The number of nitrogens with one attached hydrogen (secondary N) is 1. The Labute approximate surface area is 135 Å². The fraction of sp³-hybridized carbons (Fsp3) is 0.533. The standard InChI is InChI=1S/C15H19ClN2O3S/c1-10(11-3-4-11)15(19)17-12-5-6-14(13(16)9-12)18-7-2-8-22(18,20)21/h5-6,9-11H,2-4,7-8H2,1H3,(H,17,19). The number of hydrogen-bond donors (Lipinski definition) is 1. The van der Waals surface area contributed by atoms with Crippen LogP contribution in [0.5, 0.6) is 0 Å². The fourth-order valence-corrected chi connectivity index (χ4v) is 4.68. The zero-order valence-corrected chi connectivity index (χ0v) is 14.0. The summed E-state index contributed by atoms with van der Waals surface area (Å²) in [6.07, 6.45) is 2.83. The Balaban J connectivity index is 1.76. The highest BCUT2D eigenvalue weighted by molar-refractivity contribution is 7.93. The number of sulfonamides is 1. The van der Waals surface area contributed by atoms with Crippen LogP contribution in [-0.2, 0) is 14.8 Å². The van der Waals surface area contributed by atoms with E-state index < -0.39 is 10.0 Å². The van der Waals surface area contributed by atoms with Crippen molar-refractivity contribution in [3.63, 3.8) is 0 Å². The molecule has 22 heavy (non-hydrogen) atoms. The van der Waals surface area contributed by atoms with E-state index in [-0.39, 0.29) is 17.6 Å². The van der Waals surface area contributed by atoms with E-state index in [1.165, 1.54) is 4.31 Å². The van der Waals surface area contributed by atoms with Crippen LogP contribution in [0.2, 0.25) is 5.02 Å². The van der Waals surface area contributed by atoms with Gasteiger partial charge in [0.25, 0.3) is 0 Å². The molecule has 5 nitrogen and oxygen atoms in total. The minimum absolute atomic E-state index is 0.00240. The monoisotopic (exact) mass is 342 g/mol. The van der Waals surface area contributed by atoms with E-state index in [1.807, 2.05) is 6.92 Å². The second kappa shape index (κ2) is 5.74. The molecule has 1 atom stereocenters. The molecule has 1 aliphatic carbocycles. The molecular formula is C15H19ClN2O3S. The third-order valence-electron chi connectivity index (χ3n) is 4.33. The van der Waals surface area contributed by atoms with Gasteiger partial charge in [-0.3, -0.25) is 9.10 Å². The first kappa shape index (κ1) is 15.6. The molecule has 1 heterocycles. The van der Waals surface area contributed by atoms with E-state index in [4.69, 9.17) is 11.6 Å². The average molecular weight is 343 g/mol. The SMILES string of the molecule is CC(C(=O)Nc1ccc(N2CCCS2(=O)=O)c(Cl)c1)C1CC1. The maximum atomic E-state index is 12.1. The van der Waals surface area contributed by atoms with Crippen molar-refractivity contribution >= 4 is 38.9 Å². The molecule has 0 spiro atoms. The van der Waals surface area contributed by atoms with Crippen LogP contribution in [0.15, 0.2) is 18.2 Å². The number of nitrogens with zero attached hydrogens (tertiary/aromatic N) is 1. The third kappa shape index (κ3) is 3.08. The Kier molecular flexibility index (Phi) is 4.07. The third-order valence-corrected chi connectivity index (χ3v) is 6.48. The van der Waals surface area contributed by atoms with Crippen LogP contribution in [0.3, 0.4) is 0 Å². The van der Waals surface area contributed by atoms with E-state index >= 15 is 0 Å². The van der Waals surface area contributed by atoms with Crippen LogP contribution in [-0.4, -0.2) is 26.6 Å². The largest absolute Gasteiger partial charge is 0.326 e. The topological polar surface area (TPSA) is 66.5 Å². The summed E-state index contributed by atoms with van der Waals surface area (Å²) in [5.74, 6) is 0.628. The summed E-state index contributed by atoms with van der Waals surface area (Å²) in [5, 5.41) is 3.19. The van der Waals surface area contributed by atoms with Gasteiger partial charge in [-0.25, -0.2) is 8.42 Å². The molecule has 0 radical (unpaired) electrons. The average Bonchev–Trinajstić information content (AvgIpc) is 3.23. The highest BCUT2D eigenvalue weighted by Crippen LogP contribution is 2.37. The lowest BCUT2D eigenvalue weighted by atomic mass is 10.1. The molecule has 120 valence electrons. The van der Waals surface area contributed by atoms with Crippen molar-refractivity contribution in [2.75, 3.05) is 21.9 Å². The number of carbonyl (C=O) groups is 1. The summed E-state index contributed by atoms with van der Waals surface area (Å²) in [7, 11) is -3.25. The Morgan fingerprint density at radius 1 is 1.41 bits per heavy atom. The quantitative estimate of drug-likeness (QED) is 0.914. The molecule has 1 N–H and O–H groups in total. The van der Waals surface area contributed by atoms with Crippen molar-refractivity contribution < 1.29 is 13.2 Å². The van der Waals surface area contributed by atoms with Gasteiger partial charge in [-0.1, -0.05) is 18.5 Å². The Morgan fingerprint density at radius 2 is 2.14 bits per heavy atom. The van der Waals surface area contributed by atoms with Crippen LogP contribution >= 0.6 is 11.6 Å². The van der Waals surface area contributed by atoms with Gasteiger partial charge in [0.05, 0.1) is 16.5 Å². The van der Waals surface area contributed by atoms with Gasteiger partial charge >= 0.3 is 0 Å². The molecule has 0 aromatic heterocycles. The van der Waals surface area contributed by atoms with Crippen LogP contribution in [0, 0.1) is 11.8 Å². The fourth-order valence-electron chi connectivity index (χ4n) is 2.76. The molecule has 3 rings (SSSR count). The zero-order valence-electron chi connectivity index (χ0n) is 12.4. The molecule has 1 saturated heterocycles. The molecule has 7 heteroatoms. The van der Waals surface area contributed by atoms with Crippen molar-refractivity contribution in [2.45, 2.75) is 26.2 Å². The van der Waals surface area contributed by atoms with Gasteiger partial charge in [-0.05, 0) is 43.4 Å². The second-order valence-electron chi connectivity index (χ2n) is 6.02. The minimum atomic E-state index is -3.25. The first-order chi connectivity index (χ1) is 10.4. The maximum absolute atomic E-state index is 12.1. The van der Waals surface area contributed by atoms with E-state index in [0.29, 0.717) is 35.3 Å². The van der Waals surface area contributed by atoms with Gasteiger partial charge in [0.2, 0.25) is 15.9 Å². The van der Waals surface area contributed by atoms with E-state index in [9.17, 15) is 13.2 Å². The summed E-state index contributed by atoms with van der Waals surface area (Å²) in [6.45, 7) is 2.38. The van der Waals surface area contributed by atoms with Crippen LogP contribution in [0.1, 0.15) is 26.2 Å². The van der Waals surface area contributed by atoms with Crippen molar-refractivity contribution in [2.24, 2.45) is 11.8 Å². The number of amides is 1. The van der Waals surface area contributed by atoms with E-state index in [1.54, 1.807) is 18.2 Å². The van der Waals surface area contributed by atoms with E-state index in [2.05, 4.69) is 5.32 Å². The van der Waals surface area contributed by atoms with Gasteiger partial charge in [0, 0.05) is 18.2 Å². The summed E-state index contributed by atoms with van der Waals surface area (Å²) < 4.78 is 25.2. The van der Waals surface area contributed by atoms with Crippen molar-refractivity contribution in [3.8, 4) is 0 Å². The van der Waals surface area contributed by atoms with Crippen LogP contribution < -0.4 is 9.62 Å². The summed E-state index contributed by atoms with van der Waals surface area (Å²) in [5.41, 5.74) is 1.08. The number of rotatable bonds is 4. The smallest absolute Gasteiger partial charge is 0.235 e. The lowest BCUT2D eigenvalue weighted by Gasteiger charge is -2.19. The lowest BCUT2D eigenvalue weighted by Crippen LogP contribution is -2.25. The van der Waals surface area contributed by atoms with E-state index in [0.717, 1.165) is 12.8 Å². The zero-order chi connectivity index (χ0) is 15.9. The summed E-state index contributed by atoms with van der Waals surface area (Å²) >= 11 is 6.22. The number of anilines is 2. The predicted molar refractivity (Wildman–Crippen MR) is 87.7 cm³/mol. The predicted octanol–water partition coefficient (Wildman–Crippen LogP) is 2.86. The highest BCUT2D eigenvalue weighted by Gasteiger charge is 2.33. The maximum Gasteiger partial charge on any atom is 0.235 e. The van der Waals surface area contributed by atoms with Gasteiger partial charge in [-0.2, -0.15) is 0 Å². The highest BCUT2D eigenvalue weighted by atomic mass is 35.5. The van der Waals surface area contributed by atoms with Gasteiger partial charge < -0.3 is 5.32 Å². The number of carbonyl (C=O) groups excluding carboxylic acids is 1. The van der Waals surface area contributed by atoms with Crippen molar-refractivity contribution in [3.05, 3.63) is 23.2 Å². The molecular weight excluding hydrogens is 324 g/mol. The molecule has 1 amide bonds. The van der Waals surface area contributed by atoms with Gasteiger partial charge in [0.1, 0.15) is 0 Å². The van der Waals surface area contributed by atoms with Crippen LogP contribution in [0.4, 0.5) is 11.4 Å². The second-order valence-corrected chi connectivity index (χ2v) is 8.44. The minimum Gasteiger partial charge on any atom is -0.326 e. The number of benzene rings is 1. The molecule has 1 saturated carbocycles. The first-order valence-corrected chi connectivity index (χ1v) is 9.48. The molecule has 2 aliphatic rings. The molecule has 1 aliphatic heterocycles. The molecule has 2 fully saturated rings. The van der Waals surface area contributed by atoms with Gasteiger partial charge in [-0.15, -0.1) is 0 Å². The molecule has 1 aromatic rings. The van der Waals surface area contributed by atoms with Crippen LogP contribution in [0.25, 0.3) is 0 Å². The number of halogens is 1. The lowest BCUT2D eigenvalue weighted by molar-refractivity contribution is -0.119. The summed E-state index contributed by atoms with van der Waals surface area (Å²) in [4.78, 5) is 12.1. The molecule has 1 unspecified atom stereocenters. The number of hydrogen-bond acceptors (Lipinski definition) is 3. The molecule has 0 bridgehead atoms. The Hall–Kier alpha value is -1.27. The Bertz CT molecular complexity index is 701. The van der Waals surface area contributed by atoms with Crippen molar-refractivity contribution in [1.29, 1.82) is 0 Å². The Morgan fingerprint density at radius 3 is 2.68 bits per heavy atom. The molecule has 1 aromatic carbocycles.